The van der Waals surface area contributed by atoms with Crippen LogP contribution in [-0.4, -0.2) is 55.5 Å². The van der Waals surface area contributed by atoms with Crippen LogP contribution >= 0.6 is 0 Å². The van der Waals surface area contributed by atoms with Gasteiger partial charge in [0.2, 0.25) is 11.8 Å². The lowest BCUT2D eigenvalue weighted by atomic mass is 9.98. The van der Waals surface area contributed by atoms with Gasteiger partial charge in [-0.25, -0.2) is 0 Å². The van der Waals surface area contributed by atoms with Crippen molar-refractivity contribution in [3.8, 4) is 11.5 Å². The van der Waals surface area contributed by atoms with Gasteiger partial charge in [-0.2, -0.15) is 0 Å². The fraction of sp³-hybridized carbons (Fsp3) is 0.310. The maximum absolute atomic E-state index is 13.3. The molecule has 0 atom stereocenters. The third-order valence-electron chi connectivity index (χ3n) is 6.46. The number of fused-ring (bicyclic) bond motifs is 1. The second-order valence-corrected chi connectivity index (χ2v) is 8.75. The average Bonchev–Trinajstić information content (AvgIpc) is 2.90. The van der Waals surface area contributed by atoms with E-state index in [0.717, 1.165) is 28.7 Å². The Hall–Kier alpha value is -3.80. The Kier molecular flexibility index (Phi) is 8.03. The molecular weight excluding hydrogens is 440 g/mol. The lowest BCUT2D eigenvalue weighted by Crippen LogP contribution is -2.45. The van der Waals surface area contributed by atoms with Gasteiger partial charge in [-0.1, -0.05) is 60.7 Å². The monoisotopic (exact) mass is 472 g/mol. The molecule has 2 amide bonds. The first-order valence-corrected chi connectivity index (χ1v) is 11.9. The van der Waals surface area contributed by atoms with Crippen molar-refractivity contribution in [1.29, 1.82) is 0 Å². The minimum Gasteiger partial charge on any atom is -0.493 e. The van der Waals surface area contributed by atoms with Crippen LogP contribution in [-0.2, 0) is 35.4 Å². The summed E-state index contributed by atoms with van der Waals surface area (Å²) < 4.78 is 10.9. The van der Waals surface area contributed by atoms with Crippen LogP contribution < -0.4 is 9.47 Å². The third-order valence-corrected chi connectivity index (χ3v) is 6.46. The Balaban J connectivity index is 1.46. The van der Waals surface area contributed by atoms with Crippen molar-refractivity contribution in [2.24, 2.45) is 0 Å². The van der Waals surface area contributed by atoms with E-state index in [-0.39, 0.29) is 24.8 Å². The molecule has 1 aliphatic rings. The number of hydrogen-bond donors (Lipinski definition) is 0. The number of carbonyl (C=O) groups is 2. The van der Waals surface area contributed by atoms with Crippen molar-refractivity contribution in [3.63, 3.8) is 0 Å². The number of carbonyl (C=O) groups excluding carboxylic acids is 2. The first kappa shape index (κ1) is 24.3. The lowest BCUT2D eigenvalue weighted by Gasteiger charge is -2.32. The summed E-state index contributed by atoms with van der Waals surface area (Å²) in [7, 11) is 3.23. The Morgan fingerprint density at radius 3 is 2.09 bits per heavy atom. The molecule has 6 heteroatoms. The molecule has 0 aliphatic carbocycles. The first-order chi connectivity index (χ1) is 17.1. The maximum Gasteiger partial charge on any atom is 0.242 e. The molecule has 0 saturated heterocycles. The summed E-state index contributed by atoms with van der Waals surface area (Å²) in [5.74, 6) is 1.27. The molecule has 1 aliphatic heterocycles. The van der Waals surface area contributed by atoms with Crippen LogP contribution in [0.4, 0.5) is 0 Å². The van der Waals surface area contributed by atoms with Gasteiger partial charge in [0.1, 0.15) is 0 Å². The second-order valence-electron chi connectivity index (χ2n) is 8.75. The van der Waals surface area contributed by atoms with Gasteiger partial charge in [0.25, 0.3) is 0 Å². The number of amides is 2. The number of rotatable bonds is 9. The van der Waals surface area contributed by atoms with E-state index < -0.39 is 0 Å². The van der Waals surface area contributed by atoms with Gasteiger partial charge in [-0.3, -0.25) is 9.59 Å². The first-order valence-electron chi connectivity index (χ1n) is 11.9. The highest BCUT2D eigenvalue weighted by molar-refractivity contribution is 5.86. The number of methoxy groups -OCH3 is 2. The van der Waals surface area contributed by atoms with Crippen LogP contribution in [0.25, 0.3) is 0 Å². The largest absolute Gasteiger partial charge is 0.493 e. The predicted octanol–water partition coefficient (Wildman–Crippen LogP) is 3.90. The maximum atomic E-state index is 13.3. The van der Waals surface area contributed by atoms with Gasteiger partial charge in [0.15, 0.2) is 11.5 Å². The molecule has 0 spiro atoms. The SMILES string of the molecule is COc1cc2c(cc1OC)CN(C(=O)CN(CCc1ccccc1)C(=O)Cc1ccccc1)CC2. The number of hydrogen-bond acceptors (Lipinski definition) is 4. The topological polar surface area (TPSA) is 59.1 Å². The molecule has 182 valence electrons. The highest BCUT2D eigenvalue weighted by atomic mass is 16.5. The molecule has 1 heterocycles. The fourth-order valence-corrected chi connectivity index (χ4v) is 4.44. The quantitative estimate of drug-likeness (QED) is 0.474. The van der Waals surface area contributed by atoms with E-state index in [9.17, 15) is 9.59 Å². The second kappa shape index (κ2) is 11.6. The van der Waals surface area contributed by atoms with Gasteiger partial charge in [-0.05, 0) is 47.2 Å². The summed E-state index contributed by atoms with van der Waals surface area (Å²) in [5.41, 5.74) is 4.30. The number of nitrogens with zero attached hydrogens (tertiary/aromatic N) is 2. The molecule has 0 bridgehead atoms. The molecule has 35 heavy (non-hydrogen) atoms. The van der Waals surface area contributed by atoms with E-state index in [1.807, 2.05) is 77.7 Å². The molecule has 0 radical (unpaired) electrons. The zero-order valence-corrected chi connectivity index (χ0v) is 20.4. The molecule has 3 aromatic rings. The highest BCUT2D eigenvalue weighted by Gasteiger charge is 2.26. The van der Waals surface area contributed by atoms with Crippen LogP contribution in [0.2, 0.25) is 0 Å². The standard InChI is InChI=1S/C29H32N2O4/c1-34-26-18-24-14-16-30(20-25(24)19-27(26)35-2)29(33)21-31(15-13-22-9-5-3-6-10-22)28(32)17-23-11-7-4-8-12-23/h3-12,18-19H,13-17,20-21H2,1-2H3. The van der Waals surface area contributed by atoms with Crippen molar-refractivity contribution in [3.05, 3.63) is 95.1 Å². The average molecular weight is 473 g/mol. The molecule has 0 fully saturated rings. The molecule has 4 rings (SSSR count). The van der Waals surface area contributed by atoms with Crippen LogP contribution in [0.3, 0.4) is 0 Å². The Bertz CT molecular complexity index is 1150. The van der Waals surface area contributed by atoms with Gasteiger partial charge in [0, 0.05) is 19.6 Å². The fourth-order valence-electron chi connectivity index (χ4n) is 4.44. The molecular formula is C29H32N2O4. The van der Waals surface area contributed by atoms with Gasteiger partial charge in [-0.15, -0.1) is 0 Å². The smallest absolute Gasteiger partial charge is 0.242 e. The Morgan fingerprint density at radius 2 is 1.46 bits per heavy atom. The van der Waals surface area contributed by atoms with Crippen molar-refractivity contribution in [1.82, 2.24) is 9.80 Å². The van der Waals surface area contributed by atoms with Gasteiger partial charge in [0.05, 0.1) is 27.2 Å². The summed E-state index contributed by atoms with van der Waals surface area (Å²) >= 11 is 0. The number of ether oxygens (including phenoxy) is 2. The summed E-state index contributed by atoms with van der Waals surface area (Å²) in [4.78, 5) is 30.1. The van der Waals surface area contributed by atoms with Gasteiger partial charge >= 0.3 is 0 Å². The molecule has 0 N–H and O–H groups in total. The predicted molar refractivity (Wildman–Crippen MR) is 136 cm³/mol. The van der Waals surface area contributed by atoms with E-state index in [1.54, 1.807) is 19.1 Å². The van der Waals surface area contributed by atoms with E-state index in [2.05, 4.69) is 0 Å². The normalized spacial score (nSPS) is 12.6. The summed E-state index contributed by atoms with van der Waals surface area (Å²) in [6.45, 7) is 1.67. The van der Waals surface area contributed by atoms with Crippen LogP contribution in [0.15, 0.2) is 72.8 Å². The Labute approximate surface area is 207 Å². The zero-order valence-electron chi connectivity index (χ0n) is 20.4. The summed E-state index contributed by atoms with van der Waals surface area (Å²) in [6.07, 6.45) is 1.72. The molecule has 0 unspecified atom stereocenters. The minimum absolute atomic E-state index is 0.0377. The third kappa shape index (κ3) is 6.21. The zero-order chi connectivity index (χ0) is 24.6. The lowest BCUT2D eigenvalue weighted by molar-refractivity contribution is -0.140. The summed E-state index contributed by atoms with van der Waals surface area (Å²) in [5, 5.41) is 0. The van der Waals surface area contributed by atoms with E-state index in [0.29, 0.717) is 37.6 Å². The van der Waals surface area contributed by atoms with Crippen molar-refractivity contribution in [2.45, 2.75) is 25.8 Å². The van der Waals surface area contributed by atoms with Crippen LogP contribution in [0.5, 0.6) is 11.5 Å². The van der Waals surface area contributed by atoms with E-state index >= 15 is 0 Å². The van der Waals surface area contributed by atoms with Crippen LogP contribution in [0, 0.1) is 0 Å². The molecule has 0 saturated carbocycles. The number of benzene rings is 3. The Morgan fingerprint density at radius 1 is 0.857 bits per heavy atom. The van der Waals surface area contributed by atoms with E-state index in [1.165, 1.54) is 0 Å². The minimum atomic E-state index is -0.0418. The molecule has 0 aromatic heterocycles. The van der Waals surface area contributed by atoms with Crippen molar-refractivity contribution in [2.75, 3.05) is 33.9 Å². The molecule has 6 nitrogen and oxygen atoms in total. The van der Waals surface area contributed by atoms with Crippen molar-refractivity contribution >= 4 is 11.8 Å². The molecule has 3 aromatic carbocycles. The highest BCUT2D eigenvalue weighted by Crippen LogP contribution is 2.33. The van der Waals surface area contributed by atoms with E-state index in [4.69, 9.17) is 9.47 Å². The van der Waals surface area contributed by atoms with Gasteiger partial charge < -0.3 is 19.3 Å². The van der Waals surface area contributed by atoms with Crippen LogP contribution in [0.1, 0.15) is 22.3 Å². The van der Waals surface area contributed by atoms with Crippen molar-refractivity contribution < 1.29 is 19.1 Å². The summed E-state index contributed by atoms with van der Waals surface area (Å²) in [6, 6.07) is 23.7.